The van der Waals surface area contributed by atoms with E-state index < -0.39 is 63.7 Å². The van der Waals surface area contributed by atoms with Crippen molar-refractivity contribution in [2.24, 2.45) is 0 Å². The highest BCUT2D eigenvalue weighted by atomic mass is 32.2. The molecule has 0 N–H and O–H groups in total. The molecule has 32 heavy (non-hydrogen) atoms. The van der Waals surface area contributed by atoms with Crippen LogP contribution in [-0.2, 0) is 16.2 Å². The van der Waals surface area contributed by atoms with Gasteiger partial charge in [0.15, 0.2) is 0 Å². The van der Waals surface area contributed by atoms with Crippen LogP contribution in [-0.4, -0.2) is 51.0 Å². The maximum absolute atomic E-state index is 13.7. The number of hydrogen-bond acceptors (Lipinski definition) is 5. The number of alkyl halides is 5. The second-order valence-corrected chi connectivity index (χ2v) is 8.57. The Bertz CT molecular complexity index is 1180. The number of benzene rings is 1. The van der Waals surface area contributed by atoms with Gasteiger partial charge >= 0.3 is 6.18 Å². The molecular weight excluding hydrogens is 461 g/mol. The minimum atomic E-state index is -5.00. The summed E-state index contributed by atoms with van der Waals surface area (Å²) in [6, 6.07) is 6.32. The summed E-state index contributed by atoms with van der Waals surface area (Å²) < 4.78 is 94.6. The van der Waals surface area contributed by atoms with Crippen molar-refractivity contribution in [1.29, 1.82) is 0 Å². The number of sulfonamides is 1. The lowest BCUT2D eigenvalue weighted by Gasteiger charge is -2.34. The minimum absolute atomic E-state index is 0.0944. The standard InChI is InChI=1S/C19H16F5N3O4S/c1-26(18(28)29)9-13-11-6-4-8-25-17(11)27(10-15(20)21)32(30,31)16(13)12-5-2-3-7-14(12)19(22,23)24/h2-8,15H,9-10H2,1H3,(H,28,29)/p-1. The van der Waals surface area contributed by atoms with Gasteiger partial charge in [0.05, 0.1) is 12.1 Å². The maximum Gasteiger partial charge on any atom is 0.417 e. The van der Waals surface area contributed by atoms with Crippen LogP contribution in [0.3, 0.4) is 0 Å². The van der Waals surface area contributed by atoms with Gasteiger partial charge in [-0.15, -0.1) is 0 Å². The van der Waals surface area contributed by atoms with Crippen molar-refractivity contribution >= 4 is 32.4 Å². The number of anilines is 1. The molecule has 1 aromatic carbocycles. The van der Waals surface area contributed by atoms with Crippen LogP contribution >= 0.6 is 0 Å². The van der Waals surface area contributed by atoms with Crippen LogP contribution in [0.5, 0.6) is 0 Å². The van der Waals surface area contributed by atoms with Gasteiger partial charge in [-0.2, -0.15) is 13.2 Å². The number of aromatic nitrogens is 1. The molecule has 0 aliphatic carbocycles. The third-order valence-electron chi connectivity index (χ3n) is 4.66. The van der Waals surface area contributed by atoms with Crippen LogP contribution in [0.25, 0.3) is 10.5 Å². The number of carboxylic acid groups (broad SMARTS) is 1. The Hall–Kier alpha value is -3.22. The van der Waals surface area contributed by atoms with Gasteiger partial charge in [0.25, 0.3) is 16.4 Å². The molecule has 13 heteroatoms. The summed E-state index contributed by atoms with van der Waals surface area (Å²) in [5.41, 5.74) is -2.56. The minimum Gasteiger partial charge on any atom is -0.530 e. The fourth-order valence-electron chi connectivity index (χ4n) is 3.33. The number of carbonyl (C=O) groups excluding carboxylic acids is 1. The summed E-state index contributed by atoms with van der Waals surface area (Å²) in [4.78, 5) is 14.7. The molecule has 1 aliphatic rings. The predicted molar refractivity (Wildman–Crippen MR) is 103 cm³/mol. The van der Waals surface area contributed by atoms with Crippen molar-refractivity contribution in [2.45, 2.75) is 12.6 Å². The largest absolute Gasteiger partial charge is 0.530 e. The van der Waals surface area contributed by atoms with E-state index in [1.165, 1.54) is 12.1 Å². The zero-order chi connectivity index (χ0) is 23.8. The van der Waals surface area contributed by atoms with E-state index in [1.807, 2.05) is 0 Å². The third kappa shape index (κ3) is 4.24. The van der Waals surface area contributed by atoms with Gasteiger partial charge in [-0.25, -0.2) is 26.5 Å². The highest BCUT2D eigenvalue weighted by Crippen LogP contribution is 2.46. The highest BCUT2D eigenvalue weighted by Gasteiger charge is 2.44. The molecule has 1 aliphatic heterocycles. The normalized spacial score (nSPS) is 15.7. The number of likely N-dealkylation sites (N-methyl/N-ethyl adjacent to an activating group) is 1. The van der Waals surface area contributed by atoms with Crippen molar-refractivity contribution in [1.82, 2.24) is 9.88 Å². The van der Waals surface area contributed by atoms with Gasteiger partial charge in [-0.05, 0) is 18.2 Å². The smallest absolute Gasteiger partial charge is 0.417 e. The zero-order valence-corrected chi connectivity index (χ0v) is 17.1. The van der Waals surface area contributed by atoms with Gasteiger partial charge in [-0.3, -0.25) is 0 Å². The first-order valence-corrected chi connectivity index (χ1v) is 10.4. The van der Waals surface area contributed by atoms with E-state index in [4.69, 9.17) is 0 Å². The molecule has 2 heterocycles. The van der Waals surface area contributed by atoms with Crippen LogP contribution in [0, 0.1) is 0 Å². The molecule has 0 radical (unpaired) electrons. The van der Waals surface area contributed by atoms with E-state index in [-0.39, 0.29) is 15.4 Å². The average molecular weight is 476 g/mol. The molecule has 2 aromatic rings. The molecule has 172 valence electrons. The highest BCUT2D eigenvalue weighted by molar-refractivity contribution is 8.02. The molecule has 0 saturated carbocycles. The molecule has 0 fully saturated rings. The Morgan fingerprint density at radius 3 is 2.38 bits per heavy atom. The van der Waals surface area contributed by atoms with Gasteiger partial charge in [-0.1, -0.05) is 18.2 Å². The number of amides is 1. The zero-order valence-electron chi connectivity index (χ0n) is 16.3. The molecule has 0 unspecified atom stereocenters. The Morgan fingerprint density at radius 2 is 1.78 bits per heavy atom. The summed E-state index contributed by atoms with van der Waals surface area (Å²) in [5, 5.41) is 11.3. The summed E-state index contributed by atoms with van der Waals surface area (Å²) >= 11 is 0. The van der Waals surface area contributed by atoms with Crippen LogP contribution < -0.4 is 9.41 Å². The van der Waals surface area contributed by atoms with Crippen molar-refractivity contribution in [3.8, 4) is 0 Å². The molecule has 0 spiro atoms. The van der Waals surface area contributed by atoms with Crippen LogP contribution in [0.15, 0.2) is 42.6 Å². The fourth-order valence-corrected chi connectivity index (χ4v) is 5.18. The van der Waals surface area contributed by atoms with Crippen LogP contribution in [0.4, 0.5) is 32.6 Å². The van der Waals surface area contributed by atoms with Crippen molar-refractivity contribution < 1.29 is 40.3 Å². The van der Waals surface area contributed by atoms with Gasteiger partial charge in [0, 0.05) is 36.5 Å². The van der Waals surface area contributed by atoms with E-state index in [0.29, 0.717) is 11.0 Å². The van der Waals surface area contributed by atoms with E-state index in [0.717, 1.165) is 31.4 Å². The lowest BCUT2D eigenvalue weighted by atomic mass is 9.98. The second-order valence-electron chi connectivity index (χ2n) is 6.77. The number of halogens is 5. The Kier molecular flexibility index (Phi) is 6.13. The Balaban J connectivity index is 2.44. The number of carbonyl (C=O) groups is 1. The summed E-state index contributed by atoms with van der Waals surface area (Å²) in [5.74, 6) is -0.442. The molecule has 3 rings (SSSR count). The first kappa shape index (κ1) is 23.4. The molecular formula is C19H15F5N3O4S-. The van der Waals surface area contributed by atoms with Crippen molar-refractivity contribution in [3.63, 3.8) is 0 Å². The summed E-state index contributed by atoms with van der Waals surface area (Å²) in [7, 11) is -3.97. The molecule has 7 nitrogen and oxygen atoms in total. The van der Waals surface area contributed by atoms with Gasteiger partial charge < -0.3 is 14.8 Å². The number of hydrogen-bond donors (Lipinski definition) is 0. The van der Waals surface area contributed by atoms with E-state index in [1.54, 1.807) is 0 Å². The SMILES string of the molecule is CN(CC1=C(c2ccccc2C(F)(F)F)S(=O)(=O)N(CC(F)F)c2ncccc21)C(=O)[O-]. The Morgan fingerprint density at radius 1 is 1.16 bits per heavy atom. The number of nitrogens with zero attached hydrogens (tertiary/aromatic N) is 3. The number of rotatable bonds is 5. The molecule has 1 amide bonds. The second kappa shape index (κ2) is 8.37. The van der Waals surface area contributed by atoms with Crippen molar-refractivity contribution in [2.75, 3.05) is 24.4 Å². The van der Waals surface area contributed by atoms with Crippen LogP contribution in [0.2, 0.25) is 0 Å². The Labute approximate surface area is 179 Å². The fraction of sp³-hybridized carbons (Fsp3) is 0.263. The van der Waals surface area contributed by atoms with E-state index >= 15 is 0 Å². The van der Waals surface area contributed by atoms with E-state index in [2.05, 4.69) is 4.98 Å². The maximum atomic E-state index is 13.7. The first-order chi connectivity index (χ1) is 14.9. The first-order valence-electron chi connectivity index (χ1n) is 8.93. The lowest BCUT2D eigenvalue weighted by Crippen LogP contribution is -2.43. The van der Waals surface area contributed by atoms with Crippen LogP contribution in [0.1, 0.15) is 16.7 Å². The number of fused-ring (bicyclic) bond motifs is 1. The van der Waals surface area contributed by atoms with Gasteiger partial charge in [0.2, 0.25) is 0 Å². The summed E-state index contributed by atoms with van der Waals surface area (Å²) in [6.45, 7) is -2.04. The van der Waals surface area contributed by atoms with E-state index in [9.17, 15) is 40.3 Å². The predicted octanol–water partition coefficient (Wildman–Crippen LogP) is 2.66. The third-order valence-corrected chi connectivity index (χ3v) is 6.54. The summed E-state index contributed by atoms with van der Waals surface area (Å²) in [6.07, 6.45) is -8.74. The van der Waals surface area contributed by atoms with Crippen molar-refractivity contribution in [3.05, 3.63) is 59.3 Å². The van der Waals surface area contributed by atoms with Gasteiger partial charge in [0.1, 0.15) is 16.8 Å². The molecule has 0 atom stereocenters. The quantitative estimate of drug-likeness (QED) is 0.619. The molecule has 0 bridgehead atoms. The topological polar surface area (TPSA) is 93.6 Å². The number of pyridine rings is 1. The average Bonchev–Trinajstić information content (AvgIpc) is 2.70. The molecule has 0 saturated heterocycles. The monoisotopic (exact) mass is 476 g/mol. The lowest BCUT2D eigenvalue weighted by molar-refractivity contribution is -0.263. The molecule has 1 aromatic heterocycles.